The molecule has 5 aliphatic rings. The Morgan fingerprint density at radius 1 is 1.00 bits per heavy atom. The average molecular weight is 965 g/mol. The number of ether oxygens (including phenoxy) is 5. The van der Waals surface area contributed by atoms with E-state index in [1.165, 1.54) is 24.3 Å². The zero-order valence-corrected chi connectivity index (χ0v) is 40.3. The maximum absolute atomic E-state index is 14.2. The molecule has 69 heavy (non-hydrogen) atoms. The van der Waals surface area contributed by atoms with Crippen LogP contribution < -0.4 is 28.6 Å². The number of amides is 1. The van der Waals surface area contributed by atoms with Gasteiger partial charge in [0.05, 0.1) is 47.3 Å². The molecule has 17 nitrogen and oxygen atoms in total. The lowest BCUT2D eigenvalue weighted by atomic mass is 9.59. The maximum atomic E-state index is 14.2. The number of nitro benzene ring substituents is 1. The molecule has 0 bridgehead atoms. The molecule has 3 aliphatic heterocycles. The largest absolute Gasteiger partial charge is 0.485 e. The van der Waals surface area contributed by atoms with Gasteiger partial charge in [0.1, 0.15) is 24.1 Å². The van der Waals surface area contributed by atoms with Crippen molar-refractivity contribution in [2.45, 2.75) is 107 Å². The molecular formula is C51H60N6O11S. The van der Waals surface area contributed by atoms with E-state index in [4.69, 9.17) is 23.7 Å². The molecule has 3 aromatic carbocycles. The van der Waals surface area contributed by atoms with Crippen LogP contribution in [0.2, 0.25) is 0 Å². The van der Waals surface area contributed by atoms with Crippen LogP contribution in [0.5, 0.6) is 28.9 Å². The van der Waals surface area contributed by atoms with Gasteiger partial charge in [0.15, 0.2) is 11.5 Å². The Morgan fingerprint density at radius 3 is 2.51 bits per heavy atom. The molecule has 10 rings (SSSR count). The highest BCUT2D eigenvalue weighted by Gasteiger charge is 2.50. The summed E-state index contributed by atoms with van der Waals surface area (Å²) in [4.78, 5) is 37.9. The Morgan fingerprint density at radius 2 is 1.77 bits per heavy atom. The minimum absolute atomic E-state index is 0.0147. The topological polar surface area (TPSA) is 208 Å². The number of sulfonamides is 1. The summed E-state index contributed by atoms with van der Waals surface area (Å²) in [6.45, 7) is 10.2. The number of aliphatic hydroxyl groups is 1. The van der Waals surface area contributed by atoms with Gasteiger partial charge in [-0.3, -0.25) is 19.8 Å². The van der Waals surface area contributed by atoms with Crippen LogP contribution in [0.1, 0.15) is 106 Å². The van der Waals surface area contributed by atoms with E-state index >= 15 is 0 Å². The first-order chi connectivity index (χ1) is 33.1. The normalized spacial score (nSPS) is 24.0. The second kappa shape index (κ2) is 18.4. The van der Waals surface area contributed by atoms with Gasteiger partial charge < -0.3 is 38.7 Å². The third-order valence-electron chi connectivity index (χ3n) is 15.3. The number of hydrogen-bond donors (Lipinski definition) is 3. The van der Waals surface area contributed by atoms with Gasteiger partial charge in [-0.1, -0.05) is 38.1 Å². The van der Waals surface area contributed by atoms with E-state index < -0.39 is 43.1 Å². The fourth-order valence-electron chi connectivity index (χ4n) is 11.3. The van der Waals surface area contributed by atoms with Crippen LogP contribution in [0.15, 0.2) is 77.8 Å². The van der Waals surface area contributed by atoms with E-state index in [1.807, 2.05) is 6.07 Å². The van der Waals surface area contributed by atoms with Crippen LogP contribution in [0.25, 0.3) is 11.0 Å². The van der Waals surface area contributed by atoms with Gasteiger partial charge in [-0.2, -0.15) is 4.98 Å². The van der Waals surface area contributed by atoms with Crippen molar-refractivity contribution < 1.29 is 46.9 Å². The van der Waals surface area contributed by atoms with E-state index in [0.29, 0.717) is 49.9 Å². The number of methoxy groups -OCH3 is 1. The van der Waals surface area contributed by atoms with Gasteiger partial charge >= 0.3 is 5.69 Å². The number of benzene rings is 3. The molecule has 1 spiro atoms. The molecule has 5 heterocycles. The van der Waals surface area contributed by atoms with E-state index in [2.05, 4.69) is 62.6 Å². The first-order valence-electron chi connectivity index (χ1n) is 24.0. The summed E-state index contributed by atoms with van der Waals surface area (Å²) in [6.07, 6.45) is 7.82. The van der Waals surface area contributed by atoms with E-state index in [1.54, 1.807) is 31.3 Å². The minimum atomic E-state index is -4.73. The summed E-state index contributed by atoms with van der Waals surface area (Å²) < 4.78 is 60.4. The molecule has 1 amide bonds. The molecule has 2 atom stereocenters. The maximum Gasteiger partial charge on any atom is 0.316 e. The van der Waals surface area contributed by atoms with Crippen LogP contribution in [0.3, 0.4) is 0 Å². The fourth-order valence-corrected chi connectivity index (χ4v) is 12.3. The summed E-state index contributed by atoms with van der Waals surface area (Å²) >= 11 is 0. The summed E-state index contributed by atoms with van der Waals surface area (Å²) in [5.41, 5.74) is 2.83. The molecule has 2 aromatic heterocycles. The Hall–Kier alpha value is -5.95. The summed E-state index contributed by atoms with van der Waals surface area (Å²) in [7, 11) is -3.28. The minimum Gasteiger partial charge on any atom is -0.485 e. The van der Waals surface area contributed by atoms with Gasteiger partial charge in [-0.25, -0.2) is 13.1 Å². The first-order valence-corrected chi connectivity index (χ1v) is 25.5. The number of morpholine rings is 1. The number of nitro groups is 1. The van der Waals surface area contributed by atoms with Crippen molar-refractivity contribution >= 4 is 38.3 Å². The molecule has 366 valence electrons. The van der Waals surface area contributed by atoms with Crippen molar-refractivity contribution in [2.75, 3.05) is 51.5 Å². The lowest BCUT2D eigenvalue weighted by Gasteiger charge is -2.57. The van der Waals surface area contributed by atoms with E-state index in [0.717, 1.165) is 75.1 Å². The summed E-state index contributed by atoms with van der Waals surface area (Å²) in [6, 6.07) is 20.0. The predicted octanol–water partition coefficient (Wildman–Crippen LogP) is 8.42. The van der Waals surface area contributed by atoms with Gasteiger partial charge in [0, 0.05) is 61.1 Å². The van der Waals surface area contributed by atoms with Crippen LogP contribution in [-0.2, 0) is 14.8 Å². The van der Waals surface area contributed by atoms with Crippen LogP contribution in [0, 0.1) is 21.4 Å². The van der Waals surface area contributed by atoms with Gasteiger partial charge in [0.25, 0.3) is 21.8 Å². The molecule has 5 aromatic rings. The molecule has 2 aliphatic carbocycles. The van der Waals surface area contributed by atoms with Crippen LogP contribution in [-0.4, -0.2) is 104 Å². The fraction of sp³-hybridized carbons (Fsp3) is 0.490. The monoisotopic (exact) mass is 964 g/mol. The molecule has 0 unspecified atom stereocenters. The highest BCUT2D eigenvalue weighted by atomic mass is 32.2. The quantitative estimate of drug-likeness (QED) is 0.0793. The number of carbonyl (C=O) groups is 1. The SMILES string of the molecule is COc1nc2[nH]ccc2cc1Oc1cc(N2CCC3(CC2)CC(N2CCOC[C@H]2c2ccccc2C(C)C)C3)ccc1C(=O)NS(=O)(=O)c1cc2c(c([N+](=O)[O-])c1)O[C@H]([C@H]1CC[C@](C)(O)CC1)CO2. The molecule has 2 saturated carbocycles. The Balaban J connectivity index is 0.876. The number of hydrogen-bond acceptors (Lipinski definition) is 14. The Bertz CT molecular complexity index is 2860. The first kappa shape index (κ1) is 46.8. The highest BCUT2D eigenvalue weighted by molar-refractivity contribution is 7.90. The number of carbonyl (C=O) groups excluding carboxylic acids is 1. The second-order valence-corrected chi connectivity index (χ2v) is 21.8. The third-order valence-corrected chi connectivity index (χ3v) is 16.6. The summed E-state index contributed by atoms with van der Waals surface area (Å²) in [5, 5.41) is 23.6. The smallest absolute Gasteiger partial charge is 0.316 e. The molecule has 3 N–H and O–H groups in total. The number of rotatable bonds is 12. The van der Waals surface area contributed by atoms with Crippen molar-refractivity contribution in [3.05, 3.63) is 99.7 Å². The lowest BCUT2D eigenvalue weighted by Crippen LogP contribution is -2.58. The number of fused-ring (bicyclic) bond motifs is 2. The van der Waals surface area contributed by atoms with E-state index in [-0.39, 0.29) is 58.4 Å². The molecular weight excluding hydrogens is 905 g/mol. The average Bonchev–Trinajstić information content (AvgIpc) is 3.79. The number of piperidine rings is 1. The molecule has 18 heteroatoms. The van der Waals surface area contributed by atoms with Crippen molar-refractivity contribution in [1.82, 2.24) is 19.6 Å². The number of nitrogens with zero attached hydrogens (tertiary/aromatic N) is 4. The number of aromatic amines is 1. The highest BCUT2D eigenvalue weighted by Crippen LogP contribution is 2.54. The number of H-pyrrole nitrogens is 1. The van der Waals surface area contributed by atoms with E-state index in [9.17, 15) is 28.4 Å². The lowest BCUT2D eigenvalue weighted by molar-refractivity contribution is -0.386. The Kier molecular flexibility index (Phi) is 12.5. The summed E-state index contributed by atoms with van der Waals surface area (Å²) in [5.74, 6) is -0.511. The van der Waals surface area contributed by atoms with Crippen molar-refractivity contribution in [3.63, 3.8) is 0 Å². The zero-order chi connectivity index (χ0) is 48.2. The van der Waals surface area contributed by atoms with Crippen molar-refractivity contribution in [1.29, 1.82) is 0 Å². The third kappa shape index (κ3) is 9.31. The molecule has 2 saturated heterocycles. The number of nitrogens with one attached hydrogen (secondary N) is 2. The predicted molar refractivity (Wildman–Crippen MR) is 257 cm³/mol. The Labute approximate surface area is 401 Å². The second-order valence-electron chi connectivity index (χ2n) is 20.1. The van der Waals surface area contributed by atoms with Crippen molar-refractivity contribution in [3.8, 4) is 28.9 Å². The number of anilines is 1. The van der Waals surface area contributed by atoms with Gasteiger partial charge in [0.2, 0.25) is 5.75 Å². The molecule has 0 radical (unpaired) electrons. The van der Waals surface area contributed by atoms with Gasteiger partial charge in [-0.05, 0) is 111 Å². The molecule has 4 fully saturated rings. The number of aromatic nitrogens is 2. The number of pyridine rings is 1. The van der Waals surface area contributed by atoms with Crippen LogP contribution >= 0.6 is 0 Å². The van der Waals surface area contributed by atoms with Gasteiger partial charge in [-0.15, -0.1) is 0 Å². The van der Waals surface area contributed by atoms with Crippen LogP contribution in [0.4, 0.5) is 11.4 Å². The standard InChI is InChI=1S/C51H60N6O11S/c1-31(2)37-7-5-6-8-38(37)41-29-65-22-21-56(41)35-27-51(28-35)16-19-55(20-17-51)34-9-10-39(42(24-34)67-44-23-33-13-18-52-47(33)53-49(44)64-4)48(58)54-69(62,63)36-25-40(57(60)61)46-43(26-36)66-30-45(68-46)32-11-14-50(3,59)15-12-32/h5-10,13,18,23-26,31-32,35,41,45,59H,11-12,14-17,19-22,27-30H2,1-4H3,(H,52,53)(H,54,58)/t32-,41-,45-,50-/m0/s1. The van der Waals surface area contributed by atoms with Crippen molar-refractivity contribution in [2.24, 2.45) is 11.3 Å². The zero-order valence-electron chi connectivity index (χ0n) is 39.4.